The van der Waals surface area contributed by atoms with Gasteiger partial charge in [-0.1, -0.05) is 48.0 Å². The molecule has 27 heavy (non-hydrogen) atoms. The largest absolute Gasteiger partial charge is 0.343 e. The Morgan fingerprint density at radius 2 is 1.70 bits per heavy atom. The lowest BCUT2D eigenvalue weighted by Gasteiger charge is -2.09. The van der Waals surface area contributed by atoms with Crippen molar-refractivity contribution in [3.8, 4) is 11.1 Å². The van der Waals surface area contributed by atoms with Crippen LogP contribution < -0.4 is 10.6 Å². The van der Waals surface area contributed by atoms with Crippen molar-refractivity contribution < 1.29 is 9.59 Å². The summed E-state index contributed by atoms with van der Waals surface area (Å²) in [4.78, 5) is 24.3. The Morgan fingerprint density at radius 3 is 2.56 bits per heavy atom. The molecule has 0 saturated heterocycles. The minimum Gasteiger partial charge on any atom is -0.343 e. The third-order valence-electron chi connectivity index (χ3n) is 4.57. The quantitative estimate of drug-likeness (QED) is 0.558. The number of benzene rings is 3. The molecule has 2 N–H and O–H groups in total. The topological polar surface area (TPSA) is 58.2 Å². The second-order valence-corrected chi connectivity index (χ2v) is 6.88. The molecule has 0 unspecified atom stereocenters. The van der Waals surface area contributed by atoms with Crippen molar-refractivity contribution in [1.82, 2.24) is 5.32 Å². The minimum absolute atomic E-state index is 0.108. The van der Waals surface area contributed by atoms with Gasteiger partial charge in [0.05, 0.1) is 6.54 Å². The van der Waals surface area contributed by atoms with Crippen molar-refractivity contribution in [2.75, 3.05) is 11.9 Å². The van der Waals surface area contributed by atoms with Crippen molar-refractivity contribution in [3.63, 3.8) is 0 Å². The normalized spacial score (nSPS) is 11.4. The van der Waals surface area contributed by atoms with Crippen LogP contribution in [0.1, 0.15) is 21.5 Å². The van der Waals surface area contributed by atoms with E-state index in [0.717, 1.165) is 12.1 Å². The van der Waals surface area contributed by atoms with Gasteiger partial charge >= 0.3 is 0 Å². The monoisotopic (exact) mass is 376 g/mol. The molecule has 134 valence electrons. The van der Waals surface area contributed by atoms with E-state index in [4.69, 9.17) is 11.6 Å². The molecule has 2 amide bonds. The van der Waals surface area contributed by atoms with Crippen LogP contribution in [0, 0.1) is 0 Å². The fourth-order valence-corrected chi connectivity index (χ4v) is 3.51. The van der Waals surface area contributed by atoms with E-state index in [1.54, 1.807) is 24.3 Å². The molecule has 0 spiro atoms. The molecule has 0 fully saturated rings. The van der Waals surface area contributed by atoms with Crippen molar-refractivity contribution >= 4 is 29.1 Å². The molecule has 0 heterocycles. The highest BCUT2D eigenvalue weighted by molar-refractivity contribution is 6.31. The molecule has 0 bridgehead atoms. The van der Waals surface area contributed by atoms with Gasteiger partial charge in [0.15, 0.2) is 0 Å². The van der Waals surface area contributed by atoms with Gasteiger partial charge in [-0.25, -0.2) is 0 Å². The van der Waals surface area contributed by atoms with Gasteiger partial charge < -0.3 is 10.6 Å². The number of halogens is 1. The first-order valence-electron chi connectivity index (χ1n) is 8.65. The molecule has 5 heteroatoms. The molecule has 3 aromatic rings. The molecule has 0 radical (unpaired) electrons. The number of anilines is 1. The van der Waals surface area contributed by atoms with Gasteiger partial charge in [0.25, 0.3) is 5.91 Å². The van der Waals surface area contributed by atoms with Gasteiger partial charge in [0.1, 0.15) is 0 Å². The maximum Gasteiger partial charge on any atom is 0.251 e. The summed E-state index contributed by atoms with van der Waals surface area (Å²) in [7, 11) is 0. The maximum absolute atomic E-state index is 12.2. The van der Waals surface area contributed by atoms with Crippen molar-refractivity contribution in [1.29, 1.82) is 0 Å². The first-order chi connectivity index (χ1) is 13.1. The molecule has 0 aliphatic heterocycles. The number of carbonyl (C=O) groups excluding carboxylic acids is 2. The van der Waals surface area contributed by atoms with Crippen LogP contribution in [0.5, 0.6) is 0 Å². The molecule has 4 nitrogen and oxygen atoms in total. The van der Waals surface area contributed by atoms with Crippen LogP contribution in [0.25, 0.3) is 11.1 Å². The molecule has 0 atom stereocenters. The van der Waals surface area contributed by atoms with Crippen LogP contribution in [0.3, 0.4) is 0 Å². The fourth-order valence-electron chi connectivity index (χ4n) is 3.32. The zero-order valence-corrected chi connectivity index (χ0v) is 15.2. The summed E-state index contributed by atoms with van der Waals surface area (Å²) in [6, 6.07) is 20.8. The van der Waals surface area contributed by atoms with Crippen molar-refractivity contribution in [2.24, 2.45) is 0 Å². The Morgan fingerprint density at radius 1 is 0.889 bits per heavy atom. The Labute approximate surface area is 162 Å². The highest BCUT2D eigenvalue weighted by Gasteiger charge is 2.18. The van der Waals surface area contributed by atoms with E-state index in [2.05, 4.69) is 22.8 Å². The Balaban J connectivity index is 1.38. The van der Waals surface area contributed by atoms with Gasteiger partial charge in [-0.05, 0) is 59.0 Å². The summed E-state index contributed by atoms with van der Waals surface area (Å²) in [5, 5.41) is 5.92. The van der Waals surface area contributed by atoms with Crippen molar-refractivity contribution in [3.05, 3.63) is 88.4 Å². The number of hydrogen-bond donors (Lipinski definition) is 2. The molecule has 0 saturated carbocycles. The number of carbonyl (C=O) groups is 2. The van der Waals surface area contributed by atoms with Crippen LogP contribution in [0.15, 0.2) is 66.7 Å². The van der Waals surface area contributed by atoms with E-state index in [1.165, 1.54) is 22.3 Å². The lowest BCUT2D eigenvalue weighted by molar-refractivity contribution is -0.115. The van der Waals surface area contributed by atoms with Gasteiger partial charge in [-0.3, -0.25) is 9.59 Å². The average Bonchev–Trinajstić information content (AvgIpc) is 3.04. The lowest BCUT2D eigenvalue weighted by atomic mass is 10.1. The lowest BCUT2D eigenvalue weighted by Crippen LogP contribution is -2.32. The molecule has 4 rings (SSSR count). The first kappa shape index (κ1) is 17.3. The predicted molar refractivity (Wildman–Crippen MR) is 107 cm³/mol. The summed E-state index contributed by atoms with van der Waals surface area (Å²) in [6.45, 7) is -0.108. The number of nitrogens with one attached hydrogen (secondary N) is 2. The van der Waals surface area contributed by atoms with Crippen LogP contribution in [0.2, 0.25) is 5.02 Å². The fraction of sp³-hybridized carbons (Fsp3) is 0.0909. The van der Waals surface area contributed by atoms with Crippen molar-refractivity contribution in [2.45, 2.75) is 6.42 Å². The molecule has 3 aromatic carbocycles. The van der Waals surface area contributed by atoms with Gasteiger partial charge in [0.2, 0.25) is 5.91 Å². The van der Waals surface area contributed by atoms with E-state index in [1.807, 2.05) is 30.3 Å². The van der Waals surface area contributed by atoms with E-state index in [0.29, 0.717) is 10.6 Å². The smallest absolute Gasteiger partial charge is 0.251 e. The average molecular weight is 377 g/mol. The van der Waals surface area contributed by atoms with E-state index < -0.39 is 0 Å². The number of rotatable bonds is 4. The molecule has 1 aliphatic carbocycles. The maximum atomic E-state index is 12.2. The zero-order chi connectivity index (χ0) is 18.8. The highest BCUT2D eigenvalue weighted by atomic mass is 35.5. The Hall–Kier alpha value is -3.11. The number of hydrogen-bond acceptors (Lipinski definition) is 2. The third-order valence-corrected chi connectivity index (χ3v) is 4.81. The second-order valence-electron chi connectivity index (χ2n) is 6.45. The third kappa shape index (κ3) is 3.71. The van der Waals surface area contributed by atoms with E-state index in [9.17, 15) is 9.59 Å². The van der Waals surface area contributed by atoms with Crippen LogP contribution >= 0.6 is 11.6 Å². The van der Waals surface area contributed by atoms with E-state index in [-0.39, 0.29) is 18.4 Å². The number of amides is 2. The van der Waals surface area contributed by atoms with Gasteiger partial charge in [-0.2, -0.15) is 0 Å². The van der Waals surface area contributed by atoms with Gasteiger partial charge in [-0.15, -0.1) is 0 Å². The van der Waals surface area contributed by atoms with Crippen LogP contribution in [-0.2, 0) is 11.2 Å². The summed E-state index contributed by atoms with van der Waals surface area (Å²) < 4.78 is 0. The molecular weight excluding hydrogens is 360 g/mol. The summed E-state index contributed by atoms with van der Waals surface area (Å²) >= 11 is 5.88. The Kier molecular flexibility index (Phi) is 4.65. The minimum atomic E-state index is -0.336. The second kappa shape index (κ2) is 7.25. The molecule has 0 aromatic heterocycles. The van der Waals surface area contributed by atoms with Crippen LogP contribution in [-0.4, -0.2) is 18.4 Å². The summed E-state index contributed by atoms with van der Waals surface area (Å²) in [5.74, 6) is -0.613. The summed E-state index contributed by atoms with van der Waals surface area (Å²) in [5.41, 5.74) is 6.09. The zero-order valence-electron chi connectivity index (χ0n) is 14.5. The standard InChI is InChI=1S/C22H17ClN2O2/c23-17-6-3-5-15(11-17)22(27)24-13-21(26)25-18-8-9-20-16(12-18)10-14-4-1-2-7-19(14)20/h1-9,11-12H,10,13H2,(H,24,27)(H,25,26). The highest BCUT2D eigenvalue weighted by Crippen LogP contribution is 2.37. The molecule has 1 aliphatic rings. The summed E-state index contributed by atoms with van der Waals surface area (Å²) in [6.07, 6.45) is 0.862. The number of fused-ring (bicyclic) bond motifs is 3. The van der Waals surface area contributed by atoms with Gasteiger partial charge in [0, 0.05) is 16.3 Å². The van der Waals surface area contributed by atoms with E-state index >= 15 is 0 Å². The first-order valence-corrected chi connectivity index (χ1v) is 9.03. The SMILES string of the molecule is O=C(CNC(=O)c1cccc(Cl)c1)Nc1ccc2c(c1)Cc1ccccc1-2. The predicted octanol–water partition coefficient (Wildman–Crippen LogP) is 4.28. The Bertz CT molecular complexity index is 1050. The molecular formula is C22H17ClN2O2. The van der Waals surface area contributed by atoms with Crippen LogP contribution in [0.4, 0.5) is 5.69 Å².